The molecular weight excluding hydrogens is 454 g/mol. The largest absolute Gasteiger partial charge is 0.507 e. The van der Waals surface area contributed by atoms with Gasteiger partial charge in [-0.05, 0) is 30.4 Å². The summed E-state index contributed by atoms with van der Waals surface area (Å²) >= 11 is 0. The first-order valence-electron chi connectivity index (χ1n) is 12.3. The quantitative estimate of drug-likeness (QED) is 0.351. The zero-order valence-electron chi connectivity index (χ0n) is 19.8. The average molecular weight is 482 g/mol. The van der Waals surface area contributed by atoms with E-state index in [1.165, 1.54) is 0 Å². The molecule has 0 aliphatic carbocycles. The van der Waals surface area contributed by atoms with E-state index >= 15 is 0 Å². The second-order valence-electron chi connectivity index (χ2n) is 9.91. The van der Waals surface area contributed by atoms with Crippen LogP contribution in [-0.4, -0.2) is 50.9 Å². The topological polar surface area (TPSA) is 82.9 Å². The van der Waals surface area contributed by atoms with Crippen molar-refractivity contribution < 1.29 is 14.7 Å². The molecular formula is C29H27N3O4. The lowest BCUT2D eigenvalue weighted by atomic mass is 9.86. The number of aromatic nitrogens is 1. The Bertz CT molecular complexity index is 1410. The molecule has 3 aliphatic heterocycles. The number of nitrogens with zero attached hydrogens (tertiary/aromatic N) is 3. The van der Waals surface area contributed by atoms with E-state index in [1.807, 2.05) is 53.1 Å². The lowest BCUT2D eigenvalue weighted by Crippen LogP contribution is -2.52. The summed E-state index contributed by atoms with van der Waals surface area (Å²) in [5.74, 6) is -1.08. The number of carbonyl (C=O) groups excluding carboxylic acids is 2. The number of aliphatic hydroxyl groups is 1. The predicted molar refractivity (Wildman–Crippen MR) is 135 cm³/mol. The number of likely N-dealkylation sites (tertiary alicyclic amines) is 2. The van der Waals surface area contributed by atoms with Crippen molar-refractivity contribution in [1.82, 2.24) is 14.4 Å². The molecule has 1 amide bonds. The number of aliphatic hydroxyl groups excluding tert-OH is 1. The van der Waals surface area contributed by atoms with Crippen molar-refractivity contribution in [1.29, 1.82) is 0 Å². The Morgan fingerprint density at radius 2 is 1.58 bits per heavy atom. The van der Waals surface area contributed by atoms with E-state index in [-0.39, 0.29) is 29.6 Å². The number of fused-ring (bicyclic) bond motifs is 4. The number of carbonyl (C=O) groups is 2. The Labute approximate surface area is 208 Å². The third-order valence-corrected chi connectivity index (χ3v) is 7.58. The second-order valence-corrected chi connectivity index (χ2v) is 9.91. The Morgan fingerprint density at radius 1 is 0.861 bits per heavy atom. The van der Waals surface area contributed by atoms with Gasteiger partial charge in [0, 0.05) is 36.5 Å². The molecule has 4 heterocycles. The Morgan fingerprint density at radius 3 is 2.33 bits per heavy atom. The van der Waals surface area contributed by atoms with Crippen LogP contribution in [0.3, 0.4) is 0 Å². The highest BCUT2D eigenvalue weighted by Gasteiger charge is 2.47. The molecule has 182 valence electrons. The van der Waals surface area contributed by atoms with Gasteiger partial charge in [-0.25, -0.2) is 0 Å². The summed E-state index contributed by atoms with van der Waals surface area (Å²) in [6.45, 7) is 1.65. The fourth-order valence-electron chi connectivity index (χ4n) is 6.12. The number of hydrogen-bond acceptors (Lipinski definition) is 5. The summed E-state index contributed by atoms with van der Waals surface area (Å²) < 4.78 is 1.89. The summed E-state index contributed by atoms with van der Waals surface area (Å²) in [5.41, 5.74) is 2.45. The Hall–Kier alpha value is -3.97. The molecule has 2 saturated heterocycles. The van der Waals surface area contributed by atoms with Crippen molar-refractivity contribution >= 4 is 17.4 Å². The van der Waals surface area contributed by atoms with Crippen LogP contribution in [0.25, 0.3) is 5.76 Å². The Kier molecular flexibility index (Phi) is 5.57. The van der Waals surface area contributed by atoms with Gasteiger partial charge < -0.3 is 14.6 Å². The minimum Gasteiger partial charge on any atom is -0.507 e. The standard InChI is InChI=1S/C29H27N3O4/c33-24-13-7-12-22-14-19-15-23(32(22)24)17-30(16-19)18-31-26(20-8-3-1-4-9-20)25(28(35)29(31)36)27(34)21-10-5-2-6-11-21/h1-13,19,23,26,34H,14-18H2/t19-,23+,26+/m1/s1. The van der Waals surface area contributed by atoms with Gasteiger partial charge in [0.2, 0.25) is 0 Å². The molecule has 0 saturated carbocycles. The molecule has 1 N–H and O–H groups in total. The maximum absolute atomic E-state index is 13.4. The van der Waals surface area contributed by atoms with E-state index < -0.39 is 17.7 Å². The highest BCUT2D eigenvalue weighted by molar-refractivity contribution is 6.46. The summed E-state index contributed by atoms with van der Waals surface area (Å²) in [4.78, 5) is 43.0. The summed E-state index contributed by atoms with van der Waals surface area (Å²) in [7, 11) is 0. The van der Waals surface area contributed by atoms with E-state index in [0.717, 1.165) is 30.6 Å². The lowest BCUT2D eigenvalue weighted by Gasteiger charge is -2.44. The molecule has 3 aromatic rings. The van der Waals surface area contributed by atoms with Gasteiger partial charge in [-0.3, -0.25) is 19.3 Å². The van der Waals surface area contributed by atoms with Crippen LogP contribution >= 0.6 is 0 Å². The van der Waals surface area contributed by atoms with E-state index in [1.54, 1.807) is 35.2 Å². The van der Waals surface area contributed by atoms with Gasteiger partial charge in [-0.15, -0.1) is 0 Å². The number of piperidine rings is 1. The molecule has 7 heteroatoms. The minimum absolute atomic E-state index is 0.00499. The van der Waals surface area contributed by atoms with E-state index in [9.17, 15) is 19.5 Å². The van der Waals surface area contributed by atoms with Crippen LogP contribution in [0.5, 0.6) is 0 Å². The average Bonchev–Trinajstić information content (AvgIpc) is 3.14. The first-order chi connectivity index (χ1) is 17.5. The van der Waals surface area contributed by atoms with Crippen LogP contribution in [0.15, 0.2) is 89.2 Å². The van der Waals surface area contributed by atoms with Gasteiger partial charge in [0.15, 0.2) is 0 Å². The van der Waals surface area contributed by atoms with Crippen molar-refractivity contribution in [3.05, 3.63) is 112 Å². The summed E-state index contributed by atoms with van der Waals surface area (Å²) in [6.07, 6.45) is 1.75. The third kappa shape index (κ3) is 3.76. The highest BCUT2D eigenvalue weighted by Crippen LogP contribution is 2.40. The van der Waals surface area contributed by atoms with Gasteiger partial charge in [0.05, 0.1) is 18.3 Å². The SMILES string of the molecule is O=C1C(=O)N(CN2C[C@@H]3Cc4cccc(=O)n4[C@@H](C3)C2)[C@@H](c2ccccc2)C1=C(O)c1ccccc1. The number of hydrogen-bond donors (Lipinski definition) is 1. The van der Waals surface area contributed by atoms with Gasteiger partial charge in [0.25, 0.3) is 17.2 Å². The van der Waals surface area contributed by atoms with Crippen LogP contribution in [-0.2, 0) is 16.0 Å². The van der Waals surface area contributed by atoms with E-state index in [2.05, 4.69) is 4.90 Å². The van der Waals surface area contributed by atoms with Crippen molar-refractivity contribution in [2.45, 2.75) is 24.9 Å². The number of ketones is 1. The fourth-order valence-corrected chi connectivity index (χ4v) is 6.12. The normalized spacial score (nSPS) is 25.1. The van der Waals surface area contributed by atoms with Crippen LogP contribution < -0.4 is 5.56 Å². The molecule has 7 nitrogen and oxygen atoms in total. The fraction of sp³-hybridized carbons (Fsp3) is 0.276. The molecule has 36 heavy (non-hydrogen) atoms. The molecule has 2 aromatic carbocycles. The van der Waals surface area contributed by atoms with Crippen LogP contribution in [0, 0.1) is 5.92 Å². The first kappa shape index (κ1) is 22.5. The number of benzene rings is 2. The van der Waals surface area contributed by atoms with Crippen LogP contribution in [0.2, 0.25) is 0 Å². The monoisotopic (exact) mass is 481 g/mol. The molecule has 3 atom stereocenters. The van der Waals surface area contributed by atoms with Gasteiger partial charge in [-0.2, -0.15) is 0 Å². The van der Waals surface area contributed by atoms with Gasteiger partial charge in [0.1, 0.15) is 5.76 Å². The molecule has 6 rings (SSSR count). The number of Topliss-reactive ketones (excluding diaryl/α,β-unsaturated/α-hetero) is 1. The zero-order valence-corrected chi connectivity index (χ0v) is 19.8. The molecule has 0 unspecified atom stereocenters. The maximum Gasteiger partial charge on any atom is 0.296 e. The van der Waals surface area contributed by atoms with Crippen LogP contribution in [0.1, 0.15) is 35.3 Å². The number of pyridine rings is 1. The van der Waals surface area contributed by atoms with Crippen molar-refractivity contribution in [3.63, 3.8) is 0 Å². The van der Waals surface area contributed by atoms with Gasteiger partial charge >= 0.3 is 0 Å². The van der Waals surface area contributed by atoms with Crippen molar-refractivity contribution in [2.75, 3.05) is 19.8 Å². The highest BCUT2D eigenvalue weighted by atomic mass is 16.3. The van der Waals surface area contributed by atoms with Crippen LogP contribution in [0.4, 0.5) is 0 Å². The van der Waals surface area contributed by atoms with Crippen molar-refractivity contribution in [3.8, 4) is 0 Å². The molecule has 1 aromatic heterocycles. The minimum atomic E-state index is -0.691. The number of rotatable bonds is 4. The summed E-state index contributed by atoms with van der Waals surface area (Å²) in [5, 5.41) is 11.2. The molecule has 0 spiro atoms. The molecule has 0 radical (unpaired) electrons. The smallest absolute Gasteiger partial charge is 0.296 e. The molecule has 3 aliphatic rings. The third-order valence-electron chi connectivity index (χ3n) is 7.58. The summed E-state index contributed by atoms with van der Waals surface area (Å²) in [6, 6.07) is 23.0. The Balaban J connectivity index is 1.36. The van der Waals surface area contributed by atoms with Crippen molar-refractivity contribution in [2.24, 2.45) is 5.92 Å². The van der Waals surface area contributed by atoms with E-state index in [0.29, 0.717) is 18.0 Å². The maximum atomic E-state index is 13.4. The predicted octanol–water partition coefficient (Wildman–Crippen LogP) is 3.35. The molecule has 2 bridgehead atoms. The first-order valence-corrected chi connectivity index (χ1v) is 12.3. The van der Waals surface area contributed by atoms with E-state index in [4.69, 9.17) is 0 Å². The second kappa shape index (κ2) is 8.91. The number of amides is 1. The van der Waals surface area contributed by atoms with Gasteiger partial charge in [-0.1, -0.05) is 66.7 Å². The molecule has 2 fully saturated rings. The lowest BCUT2D eigenvalue weighted by molar-refractivity contribution is -0.141. The zero-order chi connectivity index (χ0) is 24.8.